The van der Waals surface area contributed by atoms with Gasteiger partial charge < -0.3 is 20.1 Å². The van der Waals surface area contributed by atoms with Gasteiger partial charge in [-0.1, -0.05) is 44.2 Å². The number of nitrogens with one attached hydrogen (secondary N) is 1. The summed E-state index contributed by atoms with van der Waals surface area (Å²) >= 11 is 5.70. The Hall–Kier alpha value is -2.11. The third kappa shape index (κ3) is 5.44. The van der Waals surface area contributed by atoms with E-state index in [-0.39, 0.29) is 6.10 Å². The van der Waals surface area contributed by atoms with Gasteiger partial charge in [-0.3, -0.25) is 0 Å². The molecule has 2 aromatic carbocycles. The third-order valence-electron chi connectivity index (χ3n) is 4.92. The van der Waals surface area contributed by atoms with E-state index in [1.807, 2.05) is 18.2 Å². The zero-order valence-corrected chi connectivity index (χ0v) is 16.8. The topological polar surface area (TPSA) is 44.7 Å². The summed E-state index contributed by atoms with van der Waals surface area (Å²) in [6.45, 7) is 6.43. The molecule has 0 saturated carbocycles. The average molecular weight is 385 g/mol. The molecule has 1 saturated heterocycles. The highest BCUT2D eigenvalue weighted by molar-refractivity contribution is 7.80. The number of aromatic hydroxyl groups is 1. The van der Waals surface area contributed by atoms with Crippen molar-refractivity contribution in [1.82, 2.24) is 4.90 Å². The number of benzene rings is 2. The van der Waals surface area contributed by atoms with Crippen LogP contribution < -0.4 is 5.32 Å². The van der Waals surface area contributed by atoms with Gasteiger partial charge in [0.15, 0.2) is 5.11 Å². The Labute approximate surface area is 167 Å². The third-order valence-corrected chi connectivity index (χ3v) is 5.28. The highest BCUT2D eigenvalue weighted by Crippen LogP contribution is 2.22. The van der Waals surface area contributed by atoms with Gasteiger partial charge in [0.05, 0.1) is 6.10 Å². The van der Waals surface area contributed by atoms with Crippen LogP contribution in [0.2, 0.25) is 0 Å². The minimum Gasteiger partial charge on any atom is -0.508 e. The Kier molecular flexibility index (Phi) is 6.69. The Morgan fingerprint density at radius 1 is 1.22 bits per heavy atom. The molecule has 2 aromatic rings. The van der Waals surface area contributed by atoms with Crippen molar-refractivity contribution in [2.45, 2.75) is 45.3 Å². The molecule has 0 amide bonds. The van der Waals surface area contributed by atoms with Crippen LogP contribution >= 0.6 is 12.2 Å². The maximum atomic E-state index is 10.2. The summed E-state index contributed by atoms with van der Waals surface area (Å²) in [7, 11) is 0. The Morgan fingerprint density at radius 2 is 1.96 bits per heavy atom. The molecule has 1 fully saturated rings. The lowest BCUT2D eigenvalue weighted by Gasteiger charge is -2.28. The smallest absolute Gasteiger partial charge is 0.173 e. The lowest BCUT2D eigenvalue weighted by molar-refractivity contribution is 0.0904. The second kappa shape index (κ2) is 9.20. The number of thiocarbonyl (C=S) groups is 1. The molecule has 1 heterocycles. The first-order chi connectivity index (χ1) is 13.0. The molecule has 0 bridgehead atoms. The molecule has 27 heavy (non-hydrogen) atoms. The van der Waals surface area contributed by atoms with Gasteiger partial charge in [-0.05, 0) is 54.7 Å². The zero-order valence-electron chi connectivity index (χ0n) is 16.0. The van der Waals surface area contributed by atoms with Crippen molar-refractivity contribution in [2.75, 3.05) is 18.5 Å². The number of para-hydroxylation sites is 1. The Balaban J connectivity index is 1.72. The van der Waals surface area contributed by atoms with Crippen LogP contribution in [0.25, 0.3) is 0 Å². The molecule has 0 aromatic heterocycles. The fourth-order valence-electron chi connectivity index (χ4n) is 3.26. The number of ether oxygens (including phenoxy) is 1. The van der Waals surface area contributed by atoms with Gasteiger partial charge in [0.1, 0.15) is 5.75 Å². The van der Waals surface area contributed by atoms with Crippen LogP contribution in [0.3, 0.4) is 0 Å². The van der Waals surface area contributed by atoms with Crippen LogP contribution in [0, 0.1) is 0 Å². The highest BCUT2D eigenvalue weighted by Gasteiger charge is 2.22. The van der Waals surface area contributed by atoms with Gasteiger partial charge in [-0.25, -0.2) is 0 Å². The van der Waals surface area contributed by atoms with Gasteiger partial charge in [-0.15, -0.1) is 0 Å². The van der Waals surface area contributed by atoms with E-state index in [1.54, 1.807) is 6.07 Å². The maximum Gasteiger partial charge on any atom is 0.173 e. The van der Waals surface area contributed by atoms with Crippen molar-refractivity contribution in [3.63, 3.8) is 0 Å². The van der Waals surface area contributed by atoms with Crippen molar-refractivity contribution in [1.29, 1.82) is 0 Å². The Morgan fingerprint density at radius 3 is 2.59 bits per heavy atom. The normalized spacial score (nSPS) is 16.5. The van der Waals surface area contributed by atoms with E-state index in [9.17, 15) is 5.11 Å². The Bertz CT molecular complexity index is 755. The second-order valence-electron chi connectivity index (χ2n) is 7.35. The molecular weight excluding hydrogens is 356 g/mol. The van der Waals surface area contributed by atoms with E-state index >= 15 is 0 Å². The van der Waals surface area contributed by atoms with Crippen molar-refractivity contribution in [3.8, 4) is 5.75 Å². The largest absolute Gasteiger partial charge is 0.508 e. The molecule has 0 spiro atoms. The first-order valence-electron chi connectivity index (χ1n) is 9.57. The van der Waals surface area contributed by atoms with Gasteiger partial charge in [0.25, 0.3) is 0 Å². The van der Waals surface area contributed by atoms with Crippen molar-refractivity contribution in [2.24, 2.45) is 0 Å². The summed E-state index contributed by atoms with van der Waals surface area (Å²) in [5.41, 5.74) is 3.13. The van der Waals surface area contributed by atoms with E-state index in [2.05, 4.69) is 48.3 Å². The van der Waals surface area contributed by atoms with Gasteiger partial charge in [0.2, 0.25) is 0 Å². The van der Waals surface area contributed by atoms with E-state index in [0.717, 1.165) is 30.7 Å². The standard InChI is InChI=1S/C22H28N2O2S/c1-16(2)17-9-11-19(12-10-17)23-22(27)24(15-20-7-5-13-26-20)14-18-6-3-4-8-21(18)25/h3-4,6,8-12,16,20,25H,5,7,13-15H2,1-2H3,(H,23,27)/t20-/m1/s1. The molecule has 2 N–H and O–H groups in total. The molecule has 4 nitrogen and oxygen atoms in total. The quantitative estimate of drug-likeness (QED) is 0.694. The van der Waals surface area contributed by atoms with Crippen molar-refractivity contribution >= 4 is 23.0 Å². The average Bonchev–Trinajstić information content (AvgIpc) is 3.16. The predicted octanol–water partition coefficient (Wildman–Crippen LogP) is 4.89. The number of nitrogens with zero attached hydrogens (tertiary/aromatic N) is 1. The van der Waals surface area contributed by atoms with E-state index < -0.39 is 0 Å². The van der Waals surface area contributed by atoms with E-state index in [4.69, 9.17) is 17.0 Å². The molecule has 5 heteroatoms. The molecule has 1 atom stereocenters. The summed E-state index contributed by atoms with van der Waals surface area (Å²) in [6.07, 6.45) is 2.31. The lowest BCUT2D eigenvalue weighted by Crippen LogP contribution is -2.39. The first kappa shape index (κ1) is 19.6. The number of hydrogen-bond donors (Lipinski definition) is 2. The van der Waals surface area contributed by atoms with Crippen LogP contribution in [0.1, 0.15) is 43.7 Å². The molecule has 0 unspecified atom stereocenters. The van der Waals surface area contributed by atoms with E-state index in [0.29, 0.717) is 29.9 Å². The molecule has 1 aliphatic heterocycles. The van der Waals surface area contributed by atoms with Crippen molar-refractivity contribution < 1.29 is 9.84 Å². The molecule has 0 aliphatic carbocycles. The molecule has 1 aliphatic rings. The summed E-state index contributed by atoms with van der Waals surface area (Å²) in [5.74, 6) is 0.794. The minimum atomic E-state index is 0.180. The van der Waals surface area contributed by atoms with Crippen LogP contribution in [0.15, 0.2) is 48.5 Å². The van der Waals surface area contributed by atoms with Gasteiger partial charge >= 0.3 is 0 Å². The summed E-state index contributed by atoms with van der Waals surface area (Å²) < 4.78 is 5.80. The molecular formula is C22H28N2O2S. The number of phenols is 1. The van der Waals surface area contributed by atoms with Crippen LogP contribution in [-0.2, 0) is 11.3 Å². The summed E-state index contributed by atoms with van der Waals surface area (Å²) in [5, 5.41) is 14.1. The zero-order chi connectivity index (χ0) is 19.2. The number of hydrogen-bond acceptors (Lipinski definition) is 3. The molecule has 0 radical (unpaired) electrons. The SMILES string of the molecule is CC(C)c1ccc(NC(=S)N(Cc2ccccc2O)C[C@H]2CCCO2)cc1. The monoisotopic (exact) mass is 384 g/mol. The lowest BCUT2D eigenvalue weighted by atomic mass is 10.0. The van der Waals surface area contributed by atoms with Crippen molar-refractivity contribution in [3.05, 3.63) is 59.7 Å². The van der Waals surface area contributed by atoms with Crippen LogP contribution in [0.4, 0.5) is 5.69 Å². The number of phenolic OH excluding ortho intramolecular Hbond substituents is 1. The number of anilines is 1. The van der Waals surface area contributed by atoms with Crippen LogP contribution in [0.5, 0.6) is 5.75 Å². The summed E-state index contributed by atoms with van der Waals surface area (Å²) in [4.78, 5) is 2.08. The fourth-order valence-corrected chi connectivity index (χ4v) is 3.51. The summed E-state index contributed by atoms with van der Waals surface area (Å²) in [6, 6.07) is 15.8. The van der Waals surface area contributed by atoms with Gasteiger partial charge in [-0.2, -0.15) is 0 Å². The first-order valence-corrected chi connectivity index (χ1v) is 9.98. The maximum absolute atomic E-state index is 10.2. The van der Waals surface area contributed by atoms with Crippen LogP contribution in [-0.4, -0.2) is 34.4 Å². The molecule has 3 rings (SSSR count). The highest BCUT2D eigenvalue weighted by atomic mass is 32.1. The minimum absolute atomic E-state index is 0.180. The predicted molar refractivity (Wildman–Crippen MR) is 114 cm³/mol. The second-order valence-corrected chi connectivity index (χ2v) is 7.74. The van der Waals surface area contributed by atoms with Gasteiger partial charge in [0, 0.05) is 30.9 Å². The number of rotatable bonds is 6. The fraction of sp³-hybridized carbons (Fsp3) is 0.409. The van der Waals surface area contributed by atoms with E-state index in [1.165, 1.54) is 5.56 Å². The molecule has 144 valence electrons.